The molecule has 0 aromatic carbocycles. The fourth-order valence-electron chi connectivity index (χ4n) is 1.85. The minimum absolute atomic E-state index is 0.0940. The summed E-state index contributed by atoms with van der Waals surface area (Å²) in [5.41, 5.74) is 2.18. The average Bonchev–Trinajstić information content (AvgIpc) is 2.68. The van der Waals surface area contributed by atoms with Crippen molar-refractivity contribution in [3.63, 3.8) is 0 Å². The van der Waals surface area contributed by atoms with Gasteiger partial charge in [0.05, 0.1) is 25.2 Å². The van der Waals surface area contributed by atoms with E-state index >= 15 is 0 Å². The first-order valence-corrected chi connectivity index (χ1v) is 5.41. The normalized spacial score (nSPS) is 18.1. The van der Waals surface area contributed by atoms with Crippen molar-refractivity contribution in [2.75, 3.05) is 13.7 Å². The van der Waals surface area contributed by atoms with E-state index in [4.69, 9.17) is 20.8 Å². The molecule has 4 heteroatoms. The highest BCUT2D eigenvalue weighted by atomic mass is 35.5. The van der Waals surface area contributed by atoms with Crippen molar-refractivity contribution in [1.29, 1.82) is 0 Å². The second kappa shape index (κ2) is 4.73. The van der Waals surface area contributed by atoms with Crippen LogP contribution >= 0.6 is 11.6 Å². The molecule has 0 saturated heterocycles. The SMILES string of the molecule is CNC(C1=COCCC1)c1ccoc1Cl. The van der Waals surface area contributed by atoms with E-state index in [1.54, 1.807) is 6.26 Å². The van der Waals surface area contributed by atoms with E-state index in [0.717, 1.165) is 25.0 Å². The zero-order valence-corrected chi connectivity index (χ0v) is 9.38. The summed E-state index contributed by atoms with van der Waals surface area (Å²) in [4.78, 5) is 0. The van der Waals surface area contributed by atoms with E-state index in [2.05, 4.69) is 5.32 Å². The third-order valence-electron chi connectivity index (χ3n) is 2.58. The van der Waals surface area contributed by atoms with E-state index in [1.807, 2.05) is 19.4 Å². The molecule has 1 N–H and O–H groups in total. The summed E-state index contributed by atoms with van der Waals surface area (Å²) in [7, 11) is 1.91. The Morgan fingerprint density at radius 1 is 1.53 bits per heavy atom. The van der Waals surface area contributed by atoms with E-state index in [1.165, 1.54) is 5.57 Å². The van der Waals surface area contributed by atoms with Gasteiger partial charge in [0.25, 0.3) is 0 Å². The van der Waals surface area contributed by atoms with Crippen LogP contribution in [0.5, 0.6) is 0 Å². The van der Waals surface area contributed by atoms with Crippen LogP contribution in [0.1, 0.15) is 24.4 Å². The first-order chi connectivity index (χ1) is 7.33. The molecule has 15 heavy (non-hydrogen) atoms. The van der Waals surface area contributed by atoms with Gasteiger partial charge in [-0.1, -0.05) is 0 Å². The third-order valence-corrected chi connectivity index (χ3v) is 2.89. The minimum Gasteiger partial charge on any atom is -0.501 e. The van der Waals surface area contributed by atoms with Crippen molar-refractivity contribution in [2.45, 2.75) is 18.9 Å². The van der Waals surface area contributed by atoms with Crippen LogP contribution in [-0.4, -0.2) is 13.7 Å². The summed E-state index contributed by atoms with van der Waals surface area (Å²) in [5.74, 6) is 0. The number of likely N-dealkylation sites (N-methyl/N-ethyl adjacent to an activating group) is 1. The lowest BCUT2D eigenvalue weighted by Crippen LogP contribution is -2.20. The maximum absolute atomic E-state index is 5.96. The van der Waals surface area contributed by atoms with Crippen molar-refractivity contribution in [2.24, 2.45) is 0 Å². The molecule has 0 saturated carbocycles. The van der Waals surface area contributed by atoms with Crippen molar-refractivity contribution in [1.82, 2.24) is 5.32 Å². The van der Waals surface area contributed by atoms with Gasteiger partial charge in [0, 0.05) is 5.56 Å². The number of furan rings is 1. The van der Waals surface area contributed by atoms with Gasteiger partial charge in [-0.15, -0.1) is 0 Å². The molecule has 1 aliphatic heterocycles. The number of hydrogen-bond donors (Lipinski definition) is 1. The summed E-state index contributed by atoms with van der Waals surface area (Å²) in [6, 6.07) is 1.98. The second-order valence-corrected chi connectivity index (χ2v) is 3.88. The number of halogens is 1. The Morgan fingerprint density at radius 3 is 2.93 bits per heavy atom. The summed E-state index contributed by atoms with van der Waals surface area (Å²) in [6.45, 7) is 0.805. The molecule has 0 bridgehead atoms. The lowest BCUT2D eigenvalue weighted by Gasteiger charge is -2.22. The number of rotatable bonds is 3. The minimum atomic E-state index is 0.0940. The number of nitrogens with one attached hydrogen (secondary N) is 1. The highest BCUT2D eigenvalue weighted by Gasteiger charge is 2.21. The Morgan fingerprint density at radius 2 is 2.40 bits per heavy atom. The fourth-order valence-corrected chi connectivity index (χ4v) is 2.07. The van der Waals surface area contributed by atoms with Crippen LogP contribution in [0.4, 0.5) is 0 Å². The van der Waals surface area contributed by atoms with Crippen LogP contribution < -0.4 is 5.32 Å². The van der Waals surface area contributed by atoms with Gasteiger partial charge in [-0.2, -0.15) is 0 Å². The largest absolute Gasteiger partial charge is 0.501 e. The molecule has 0 amide bonds. The lowest BCUT2D eigenvalue weighted by atomic mass is 9.97. The Hall–Kier alpha value is -0.930. The van der Waals surface area contributed by atoms with Gasteiger partial charge in [-0.25, -0.2) is 0 Å². The standard InChI is InChI=1S/C11H14ClNO2/c1-13-10(8-3-2-5-14-7-8)9-4-6-15-11(9)12/h4,6-7,10,13H,2-3,5H2,1H3. The lowest BCUT2D eigenvalue weighted by molar-refractivity contribution is 0.220. The van der Waals surface area contributed by atoms with Crippen LogP contribution in [0, 0.1) is 0 Å². The summed E-state index contributed by atoms with van der Waals surface area (Å²) in [6.07, 6.45) is 5.52. The Labute approximate surface area is 94.1 Å². The summed E-state index contributed by atoms with van der Waals surface area (Å²) >= 11 is 5.96. The first-order valence-electron chi connectivity index (χ1n) is 5.03. The zero-order valence-electron chi connectivity index (χ0n) is 8.63. The number of ether oxygens (including phenoxy) is 1. The van der Waals surface area contributed by atoms with Crippen LogP contribution in [0.2, 0.25) is 5.22 Å². The van der Waals surface area contributed by atoms with Crippen molar-refractivity contribution < 1.29 is 9.15 Å². The molecule has 1 aliphatic rings. The maximum Gasteiger partial charge on any atom is 0.198 e. The second-order valence-electron chi connectivity index (χ2n) is 3.54. The quantitative estimate of drug-likeness (QED) is 0.862. The molecular weight excluding hydrogens is 214 g/mol. The molecule has 82 valence electrons. The van der Waals surface area contributed by atoms with Gasteiger partial charge >= 0.3 is 0 Å². The van der Waals surface area contributed by atoms with Gasteiger partial charge in [0.2, 0.25) is 0 Å². The molecule has 1 atom stereocenters. The molecule has 0 fully saturated rings. The van der Waals surface area contributed by atoms with Gasteiger partial charge in [0.1, 0.15) is 0 Å². The van der Waals surface area contributed by atoms with Gasteiger partial charge in [-0.3, -0.25) is 0 Å². The molecular formula is C11H14ClNO2. The molecule has 0 aliphatic carbocycles. The predicted octanol–water partition coefficient (Wildman–Crippen LogP) is 2.89. The summed E-state index contributed by atoms with van der Waals surface area (Å²) < 4.78 is 10.4. The zero-order chi connectivity index (χ0) is 10.7. The fraction of sp³-hybridized carbons (Fsp3) is 0.455. The average molecular weight is 228 g/mol. The van der Waals surface area contributed by atoms with Crippen molar-refractivity contribution >= 4 is 11.6 Å². The summed E-state index contributed by atoms with van der Waals surface area (Å²) in [5, 5.41) is 3.67. The molecule has 2 heterocycles. The van der Waals surface area contributed by atoms with E-state index in [9.17, 15) is 0 Å². The Balaban J connectivity index is 2.24. The number of hydrogen-bond acceptors (Lipinski definition) is 3. The molecule has 0 spiro atoms. The van der Waals surface area contributed by atoms with Crippen LogP contribution in [0.3, 0.4) is 0 Å². The topological polar surface area (TPSA) is 34.4 Å². The van der Waals surface area contributed by atoms with Gasteiger partial charge in [-0.05, 0) is 43.1 Å². The molecule has 3 nitrogen and oxygen atoms in total. The predicted molar refractivity (Wildman–Crippen MR) is 58.8 cm³/mol. The molecule has 0 radical (unpaired) electrons. The highest BCUT2D eigenvalue weighted by molar-refractivity contribution is 6.29. The highest BCUT2D eigenvalue weighted by Crippen LogP contribution is 2.32. The van der Waals surface area contributed by atoms with Crippen LogP contribution in [-0.2, 0) is 4.74 Å². The van der Waals surface area contributed by atoms with Crippen LogP contribution in [0.25, 0.3) is 0 Å². The monoisotopic (exact) mass is 227 g/mol. The van der Waals surface area contributed by atoms with Crippen molar-refractivity contribution in [3.8, 4) is 0 Å². The third kappa shape index (κ3) is 2.19. The molecule has 1 aromatic rings. The Kier molecular flexibility index (Phi) is 3.34. The van der Waals surface area contributed by atoms with E-state index < -0.39 is 0 Å². The smallest absolute Gasteiger partial charge is 0.198 e. The maximum atomic E-state index is 5.96. The van der Waals surface area contributed by atoms with Crippen molar-refractivity contribution in [3.05, 3.63) is 34.9 Å². The van der Waals surface area contributed by atoms with Gasteiger partial charge in [0.15, 0.2) is 5.22 Å². The van der Waals surface area contributed by atoms with E-state index in [0.29, 0.717) is 5.22 Å². The Bertz CT molecular complexity index is 359. The molecule has 2 rings (SSSR count). The van der Waals surface area contributed by atoms with E-state index in [-0.39, 0.29) is 6.04 Å². The molecule has 1 aromatic heterocycles. The molecule has 1 unspecified atom stereocenters. The van der Waals surface area contributed by atoms with Gasteiger partial charge < -0.3 is 14.5 Å². The first kappa shape index (κ1) is 10.6. The van der Waals surface area contributed by atoms with Crippen LogP contribution in [0.15, 0.2) is 28.6 Å².